The summed E-state index contributed by atoms with van der Waals surface area (Å²) in [5, 5.41) is 26.9. The number of unbranched alkanes of at least 4 members (excludes halogenated alkanes) is 3. The first-order valence-electron chi connectivity index (χ1n) is 6.26. The molecule has 5 nitrogen and oxygen atoms in total. The molecule has 0 fully saturated rings. The van der Waals surface area contributed by atoms with Crippen molar-refractivity contribution in [3.63, 3.8) is 0 Å². The van der Waals surface area contributed by atoms with Crippen LogP contribution in [0.1, 0.15) is 45.4 Å². The summed E-state index contributed by atoms with van der Waals surface area (Å²) < 4.78 is 0. The number of carboxylic acids is 2. The minimum absolute atomic E-state index is 0.163. The van der Waals surface area contributed by atoms with Crippen molar-refractivity contribution in [2.45, 2.75) is 51.6 Å². The summed E-state index contributed by atoms with van der Waals surface area (Å²) in [6.07, 6.45) is 6.07. The van der Waals surface area contributed by atoms with Gasteiger partial charge in [-0.25, -0.2) is 0 Å². The fourth-order valence-electron chi connectivity index (χ4n) is 1.62. The standard InChI is InChI=1S/C13H22O5/c1-2-3-4-5-6-7-8-10(13(17)18)11(14)9-12(15)16/h6-7,10-11,14H,2-5,8-9H2,1H3,(H,15,16)(H,17,18)/b7-6-/t10-,11+/m0/s1. The van der Waals surface area contributed by atoms with Crippen molar-refractivity contribution >= 4 is 11.9 Å². The second kappa shape index (κ2) is 9.65. The molecule has 3 N–H and O–H groups in total. The van der Waals surface area contributed by atoms with Crippen molar-refractivity contribution < 1.29 is 24.9 Å². The van der Waals surface area contributed by atoms with Crippen LogP contribution >= 0.6 is 0 Å². The van der Waals surface area contributed by atoms with Crippen LogP contribution in [0.15, 0.2) is 12.2 Å². The van der Waals surface area contributed by atoms with E-state index in [9.17, 15) is 14.7 Å². The summed E-state index contributed by atoms with van der Waals surface area (Å²) in [6, 6.07) is 0. The normalized spacial score (nSPS) is 14.6. The molecule has 0 spiro atoms. The Morgan fingerprint density at radius 3 is 2.33 bits per heavy atom. The lowest BCUT2D eigenvalue weighted by molar-refractivity contribution is -0.148. The molecular weight excluding hydrogens is 236 g/mol. The van der Waals surface area contributed by atoms with Gasteiger partial charge in [-0.3, -0.25) is 9.59 Å². The van der Waals surface area contributed by atoms with Gasteiger partial charge in [0, 0.05) is 0 Å². The molecule has 2 atom stereocenters. The monoisotopic (exact) mass is 258 g/mol. The first-order valence-corrected chi connectivity index (χ1v) is 6.26. The summed E-state index contributed by atoms with van der Waals surface area (Å²) in [4.78, 5) is 21.3. The van der Waals surface area contributed by atoms with Gasteiger partial charge in [-0.1, -0.05) is 31.9 Å². The van der Waals surface area contributed by atoms with E-state index in [0.29, 0.717) is 0 Å². The van der Waals surface area contributed by atoms with E-state index in [1.54, 1.807) is 6.08 Å². The number of hydrogen-bond acceptors (Lipinski definition) is 3. The van der Waals surface area contributed by atoms with Gasteiger partial charge in [0.2, 0.25) is 0 Å². The van der Waals surface area contributed by atoms with Crippen molar-refractivity contribution in [2.75, 3.05) is 0 Å². The van der Waals surface area contributed by atoms with Crippen LogP contribution in [-0.2, 0) is 9.59 Å². The molecule has 0 bridgehead atoms. The maximum absolute atomic E-state index is 10.9. The summed E-state index contributed by atoms with van der Waals surface area (Å²) in [6.45, 7) is 2.10. The Kier molecular flexibility index (Phi) is 8.92. The van der Waals surface area contributed by atoms with Crippen LogP contribution in [0.3, 0.4) is 0 Å². The lowest BCUT2D eigenvalue weighted by Gasteiger charge is -2.15. The molecule has 0 aromatic carbocycles. The largest absolute Gasteiger partial charge is 0.481 e. The fraction of sp³-hybridized carbons (Fsp3) is 0.692. The lowest BCUT2D eigenvalue weighted by Crippen LogP contribution is -2.29. The predicted molar refractivity (Wildman–Crippen MR) is 67.3 cm³/mol. The lowest BCUT2D eigenvalue weighted by atomic mass is 9.96. The third-order valence-electron chi connectivity index (χ3n) is 2.70. The van der Waals surface area contributed by atoms with Crippen molar-refractivity contribution in [3.8, 4) is 0 Å². The van der Waals surface area contributed by atoms with Crippen molar-refractivity contribution in [3.05, 3.63) is 12.2 Å². The SMILES string of the molecule is CCCCC/C=C\C[C@H](C(=O)O)[C@H](O)CC(=O)O. The zero-order valence-corrected chi connectivity index (χ0v) is 10.7. The fourth-order valence-corrected chi connectivity index (χ4v) is 1.62. The molecule has 0 aromatic rings. The number of carboxylic acid groups (broad SMARTS) is 2. The van der Waals surface area contributed by atoms with Gasteiger partial charge in [-0.05, 0) is 19.3 Å². The predicted octanol–water partition coefficient (Wildman–Crippen LogP) is 2.05. The van der Waals surface area contributed by atoms with E-state index >= 15 is 0 Å². The van der Waals surface area contributed by atoms with Crippen LogP contribution < -0.4 is 0 Å². The van der Waals surface area contributed by atoms with Crippen LogP contribution in [0.25, 0.3) is 0 Å². The smallest absolute Gasteiger partial charge is 0.309 e. The molecule has 0 rings (SSSR count). The minimum atomic E-state index is -1.35. The highest BCUT2D eigenvalue weighted by atomic mass is 16.4. The molecule has 18 heavy (non-hydrogen) atoms. The molecule has 0 saturated carbocycles. The summed E-state index contributed by atoms with van der Waals surface area (Å²) >= 11 is 0. The van der Waals surface area contributed by atoms with E-state index in [1.165, 1.54) is 0 Å². The molecule has 0 unspecified atom stereocenters. The number of hydrogen-bond donors (Lipinski definition) is 3. The average Bonchev–Trinajstić information content (AvgIpc) is 2.26. The van der Waals surface area contributed by atoms with E-state index in [0.717, 1.165) is 25.7 Å². The quantitative estimate of drug-likeness (QED) is 0.412. The Balaban J connectivity index is 4.12. The molecule has 0 saturated heterocycles. The highest BCUT2D eigenvalue weighted by Gasteiger charge is 2.26. The van der Waals surface area contributed by atoms with Gasteiger partial charge in [0.15, 0.2) is 0 Å². The summed E-state index contributed by atoms with van der Waals surface area (Å²) in [5.41, 5.74) is 0. The van der Waals surface area contributed by atoms with Crippen LogP contribution in [0.5, 0.6) is 0 Å². The number of aliphatic hydroxyl groups is 1. The van der Waals surface area contributed by atoms with Crippen molar-refractivity contribution in [1.82, 2.24) is 0 Å². The zero-order chi connectivity index (χ0) is 14.0. The third kappa shape index (κ3) is 7.84. The van der Waals surface area contributed by atoms with Gasteiger partial charge in [-0.2, -0.15) is 0 Å². The third-order valence-corrected chi connectivity index (χ3v) is 2.70. The molecule has 0 radical (unpaired) electrons. The van der Waals surface area contributed by atoms with Gasteiger partial charge in [0.1, 0.15) is 0 Å². The highest BCUT2D eigenvalue weighted by molar-refractivity contribution is 5.73. The molecule has 0 heterocycles. The maximum Gasteiger partial charge on any atom is 0.309 e. The van der Waals surface area contributed by atoms with E-state index in [2.05, 4.69) is 6.92 Å². The Labute approximate surface area is 107 Å². The summed E-state index contributed by atoms with van der Waals surface area (Å²) in [5.74, 6) is -3.41. The van der Waals surface area contributed by atoms with Crippen LogP contribution in [0.2, 0.25) is 0 Å². The molecule has 5 heteroatoms. The van der Waals surface area contributed by atoms with Gasteiger partial charge in [-0.15, -0.1) is 0 Å². The average molecular weight is 258 g/mol. The van der Waals surface area contributed by atoms with Crippen molar-refractivity contribution in [2.24, 2.45) is 5.92 Å². The first-order chi connectivity index (χ1) is 8.49. The number of aliphatic carboxylic acids is 2. The van der Waals surface area contributed by atoms with E-state index < -0.39 is 30.4 Å². The Morgan fingerprint density at radius 1 is 1.17 bits per heavy atom. The van der Waals surface area contributed by atoms with Gasteiger partial charge >= 0.3 is 11.9 Å². The molecule has 0 aromatic heterocycles. The minimum Gasteiger partial charge on any atom is -0.481 e. The topological polar surface area (TPSA) is 94.8 Å². The second-order valence-corrected chi connectivity index (χ2v) is 4.31. The summed E-state index contributed by atoms with van der Waals surface area (Å²) in [7, 11) is 0. The molecule has 0 aliphatic heterocycles. The Bertz CT molecular complexity index is 285. The van der Waals surface area contributed by atoms with Crippen LogP contribution in [0.4, 0.5) is 0 Å². The zero-order valence-electron chi connectivity index (χ0n) is 10.7. The number of carbonyl (C=O) groups is 2. The van der Waals surface area contributed by atoms with Gasteiger partial charge in [0.25, 0.3) is 0 Å². The molecule has 0 amide bonds. The van der Waals surface area contributed by atoms with Crippen LogP contribution in [0, 0.1) is 5.92 Å². The number of aliphatic hydroxyl groups excluding tert-OH is 1. The van der Waals surface area contributed by atoms with Crippen molar-refractivity contribution in [1.29, 1.82) is 0 Å². The number of rotatable bonds is 10. The molecular formula is C13H22O5. The number of allylic oxidation sites excluding steroid dienone is 2. The van der Waals surface area contributed by atoms with Gasteiger partial charge < -0.3 is 15.3 Å². The Morgan fingerprint density at radius 2 is 1.83 bits per heavy atom. The van der Waals surface area contributed by atoms with E-state index in [-0.39, 0.29) is 6.42 Å². The van der Waals surface area contributed by atoms with Crippen LogP contribution in [-0.4, -0.2) is 33.4 Å². The van der Waals surface area contributed by atoms with E-state index in [1.807, 2.05) is 6.08 Å². The molecule has 0 aliphatic carbocycles. The Hall–Kier alpha value is -1.36. The highest BCUT2D eigenvalue weighted by Crippen LogP contribution is 2.14. The second-order valence-electron chi connectivity index (χ2n) is 4.31. The first kappa shape index (κ1) is 16.6. The molecule has 104 valence electrons. The van der Waals surface area contributed by atoms with E-state index in [4.69, 9.17) is 10.2 Å². The molecule has 0 aliphatic rings. The van der Waals surface area contributed by atoms with Gasteiger partial charge in [0.05, 0.1) is 18.4 Å². The maximum atomic E-state index is 10.9.